The number of halogens is 1. The average molecular weight is 375 g/mol. The summed E-state index contributed by atoms with van der Waals surface area (Å²) in [5, 5.41) is 17.0. The molecule has 0 spiro atoms. The minimum atomic E-state index is -0.619. The number of ether oxygens (including phenoxy) is 1. The standard InChI is InChI=1S/C18H19ClN4O3/c1-2-26-18(25)15-11-22-23-16(6-7-20-17(15)23)12-4-3-5-13(8-12)21-10-14(24)9-19/h3-8,11,14,21,24H,2,9-10H2,1H3. The first-order valence-electron chi connectivity index (χ1n) is 8.22. The van der Waals surface area contributed by atoms with Crippen molar-refractivity contribution >= 4 is 28.9 Å². The zero-order valence-corrected chi connectivity index (χ0v) is 15.0. The predicted molar refractivity (Wildman–Crippen MR) is 99.6 cm³/mol. The number of hydrogen-bond donors (Lipinski definition) is 2. The van der Waals surface area contributed by atoms with E-state index >= 15 is 0 Å². The van der Waals surface area contributed by atoms with Crippen molar-refractivity contribution in [3.63, 3.8) is 0 Å². The molecule has 0 aliphatic rings. The van der Waals surface area contributed by atoms with Crippen LogP contribution in [0.15, 0.2) is 42.7 Å². The van der Waals surface area contributed by atoms with Crippen molar-refractivity contribution < 1.29 is 14.6 Å². The van der Waals surface area contributed by atoms with Gasteiger partial charge >= 0.3 is 5.97 Å². The molecule has 1 aromatic carbocycles. The van der Waals surface area contributed by atoms with Gasteiger partial charge in [0, 0.05) is 24.0 Å². The van der Waals surface area contributed by atoms with Crippen LogP contribution in [0.2, 0.25) is 0 Å². The van der Waals surface area contributed by atoms with Gasteiger partial charge in [-0.3, -0.25) is 0 Å². The van der Waals surface area contributed by atoms with Gasteiger partial charge in [0.1, 0.15) is 5.56 Å². The van der Waals surface area contributed by atoms with E-state index in [0.717, 1.165) is 16.9 Å². The van der Waals surface area contributed by atoms with E-state index in [2.05, 4.69) is 15.4 Å². The van der Waals surface area contributed by atoms with Gasteiger partial charge < -0.3 is 15.2 Å². The third-order valence-electron chi connectivity index (χ3n) is 3.77. The largest absolute Gasteiger partial charge is 0.462 e. The molecule has 136 valence electrons. The van der Waals surface area contributed by atoms with E-state index < -0.39 is 12.1 Å². The summed E-state index contributed by atoms with van der Waals surface area (Å²) < 4.78 is 6.66. The number of alkyl halides is 1. The minimum absolute atomic E-state index is 0.168. The van der Waals surface area contributed by atoms with Crippen molar-refractivity contribution in [2.45, 2.75) is 13.0 Å². The van der Waals surface area contributed by atoms with Gasteiger partial charge in [-0.05, 0) is 25.1 Å². The number of rotatable bonds is 7. The van der Waals surface area contributed by atoms with Crippen LogP contribution in [0.3, 0.4) is 0 Å². The SMILES string of the molecule is CCOC(=O)c1cnn2c(-c3cccc(NCC(O)CCl)c3)ccnc12. The minimum Gasteiger partial charge on any atom is -0.462 e. The monoisotopic (exact) mass is 374 g/mol. The molecule has 1 unspecified atom stereocenters. The second kappa shape index (κ2) is 8.16. The summed E-state index contributed by atoms with van der Waals surface area (Å²) in [5.74, 6) is -0.278. The number of carbonyl (C=O) groups excluding carboxylic acids is 1. The van der Waals surface area contributed by atoms with Gasteiger partial charge in [0.25, 0.3) is 0 Å². The van der Waals surface area contributed by atoms with Crippen LogP contribution in [0, 0.1) is 0 Å². The summed E-state index contributed by atoms with van der Waals surface area (Å²) in [6, 6.07) is 9.48. The normalized spacial score (nSPS) is 12.1. The number of esters is 1. The Balaban J connectivity index is 1.94. The summed E-state index contributed by atoms with van der Waals surface area (Å²) >= 11 is 5.61. The van der Waals surface area contributed by atoms with Crippen molar-refractivity contribution in [1.29, 1.82) is 0 Å². The molecule has 8 heteroatoms. The second-order valence-corrected chi connectivity index (χ2v) is 5.92. The van der Waals surface area contributed by atoms with Crippen LogP contribution >= 0.6 is 11.6 Å². The summed E-state index contributed by atoms with van der Waals surface area (Å²) in [6.45, 7) is 2.40. The van der Waals surface area contributed by atoms with Crippen LogP contribution < -0.4 is 5.32 Å². The van der Waals surface area contributed by atoms with E-state index in [-0.39, 0.29) is 12.5 Å². The Labute approximate surface area is 155 Å². The molecule has 0 saturated carbocycles. The van der Waals surface area contributed by atoms with Crippen LogP contribution in [-0.2, 0) is 4.74 Å². The van der Waals surface area contributed by atoms with Crippen LogP contribution in [0.25, 0.3) is 16.9 Å². The van der Waals surface area contributed by atoms with E-state index in [1.54, 1.807) is 17.6 Å². The summed E-state index contributed by atoms with van der Waals surface area (Å²) in [5.41, 5.74) is 3.29. The zero-order valence-electron chi connectivity index (χ0n) is 14.2. The van der Waals surface area contributed by atoms with Gasteiger partial charge in [-0.15, -0.1) is 11.6 Å². The van der Waals surface area contributed by atoms with Crippen molar-refractivity contribution in [1.82, 2.24) is 14.6 Å². The lowest BCUT2D eigenvalue weighted by Crippen LogP contribution is -2.20. The van der Waals surface area contributed by atoms with Gasteiger partial charge in [0.15, 0.2) is 5.65 Å². The fraction of sp³-hybridized carbons (Fsp3) is 0.278. The maximum Gasteiger partial charge on any atom is 0.343 e. The first-order valence-corrected chi connectivity index (χ1v) is 8.75. The van der Waals surface area contributed by atoms with Gasteiger partial charge in [0.2, 0.25) is 0 Å². The van der Waals surface area contributed by atoms with E-state index in [4.69, 9.17) is 16.3 Å². The molecular weight excluding hydrogens is 356 g/mol. The topological polar surface area (TPSA) is 88.8 Å². The Kier molecular flexibility index (Phi) is 5.70. The number of fused-ring (bicyclic) bond motifs is 1. The second-order valence-electron chi connectivity index (χ2n) is 5.61. The van der Waals surface area contributed by atoms with Gasteiger partial charge in [-0.25, -0.2) is 14.3 Å². The predicted octanol–water partition coefficient (Wildman–Crippen LogP) is 2.58. The molecule has 1 atom stereocenters. The third-order valence-corrected chi connectivity index (χ3v) is 4.13. The van der Waals surface area contributed by atoms with Crippen molar-refractivity contribution in [3.8, 4) is 11.3 Å². The number of nitrogens with one attached hydrogen (secondary N) is 1. The first-order chi connectivity index (χ1) is 12.6. The first kappa shape index (κ1) is 18.2. The number of hydrogen-bond acceptors (Lipinski definition) is 6. The number of aliphatic hydroxyl groups excluding tert-OH is 1. The van der Waals surface area contributed by atoms with E-state index in [1.807, 2.05) is 30.3 Å². The Morgan fingerprint density at radius 1 is 1.42 bits per heavy atom. The maximum atomic E-state index is 12.0. The number of aliphatic hydroxyl groups is 1. The lowest BCUT2D eigenvalue weighted by Gasteiger charge is -2.11. The van der Waals surface area contributed by atoms with Crippen molar-refractivity contribution in [3.05, 3.63) is 48.3 Å². The highest BCUT2D eigenvalue weighted by Crippen LogP contribution is 2.24. The number of aromatic nitrogens is 3. The Hall–Kier alpha value is -2.64. The number of nitrogens with zero attached hydrogens (tertiary/aromatic N) is 3. The lowest BCUT2D eigenvalue weighted by molar-refractivity contribution is 0.0528. The van der Waals surface area contributed by atoms with Gasteiger partial charge in [0.05, 0.1) is 30.5 Å². The Bertz CT molecular complexity index is 912. The smallest absolute Gasteiger partial charge is 0.343 e. The molecule has 3 rings (SSSR count). The molecule has 0 saturated heterocycles. The van der Waals surface area contributed by atoms with E-state index in [9.17, 15) is 9.90 Å². The highest BCUT2D eigenvalue weighted by Gasteiger charge is 2.17. The van der Waals surface area contributed by atoms with Gasteiger partial charge in [-0.2, -0.15) is 5.10 Å². The van der Waals surface area contributed by atoms with Crippen LogP contribution in [-0.4, -0.2) is 50.8 Å². The highest BCUT2D eigenvalue weighted by atomic mass is 35.5. The summed E-state index contributed by atoms with van der Waals surface area (Å²) in [4.78, 5) is 16.3. The van der Waals surface area contributed by atoms with Crippen LogP contribution in [0.4, 0.5) is 5.69 Å². The molecule has 0 aliphatic heterocycles. The van der Waals surface area contributed by atoms with Crippen LogP contribution in [0.5, 0.6) is 0 Å². The highest BCUT2D eigenvalue weighted by molar-refractivity contribution is 6.18. The quantitative estimate of drug-likeness (QED) is 0.488. The van der Waals surface area contributed by atoms with E-state index in [0.29, 0.717) is 17.8 Å². The zero-order chi connectivity index (χ0) is 18.5. The molecule has 3 aromatic rings. The fourth-order valence-corrected chi connectivity index (χ4v) is 2.65. The molecule has 7 nitrogen and oxygen atoms in total. The summed E-state index contributed by atoms with van der Waals surface area (Å²) in [7, 11) is 0. The molecule has 2 aromatic heterocycles. The molecule has 0 bridgehead atoms. The molecule has 0 fully saturated rings. The van der Waals surface area contributed by atoms with Crippen molar-refractivity contribution in [2.75, 3.05) is 24.3 Å². The molecule has 0 aliphatic carbocycles. The van der Waals surface area contributed by atoms with Crippen LogP contribution in [0.1, 0.15) is 17.3 Å². The Morgan fingerprint density at radius 2 is 2.27 bits per heavy atom. The number of carbonyl (C=O) groups is 1. The average Bonchev–Trinajstić information content (AvgIpc) is 3.10. The van der Waals surface area contributed by atoms with Gasteiger partial charge in [-0.1, -0.05) is 12.1 Å². The maximum absolute atomic E-state index is 12.0. The molecular formula is C18H19ClN4O3. The number of benzene rings is 1. The molecule has 26 heavy (non-hydrogen) atoms. The molecule has 0 amide bonds. The lowest BCUT2D eigenvalue weighted by atomic mass is 10.1. The molecule has 0 radical (unpaired) electrons. The number of anilines is 1. The fourth-order valence-electron chi connectivity index (χ4n) is 2.54. The Morgan fingerprint density at radius 3 is 3.04 bits per heavy atom. The molecule has 2 N–H and O–H groups in total. The van der Waals surface area contributed by atoms with E-state index in [1.165, 1.54) is 6.20 Å². The summed E-state index contributed by atoms with van der Waals surface area (Å²) in [6.07, 6.45) is 2.47. The van der Waals surface area contributed by atoms with Crippen molar-refractivity contribution in [2.24, 2.45) is 0 Å². The molecule has 2 heterocycles. The third kappa shape index (κ3) is 3.79.